The topological polar surface area (TPSA) is 59.0 Å². The summed E-state index contributed by atoms with van der Waals surface area (Å²) in [5.74, 6) is 1.64. The molecule has 0 aromatic heterocycles. The quantitative estimate of drug-likeness (QED) is 0.514. The van der Waals surface area contributed by atoms with Gasteiger partial charge in [-0.1, -0.05) is 6.07 Å². The van der Waals surface area contributed by atoms with E-state index in [1.165, 1.54) is 0 Å². The molecule has 0 atom stereocenters. The number of hydrogen-bond acceptors (Lipinski definition) is 4. The first kappa shape index (κ1) is 13.3. The fourth-order valence-electron chi connectivity index (χ4n) is 1.55. The van der Waals surface area contributed by atoms with Gasteiger partial charge in [-0.25, -0.2) is 0 Å². The number of nitrogens with two attached hydrogens (primary N) is 1. The van der Waals surface area contributed by atoms with Crippen LogP contribution in [-0.2, 0) is 0 Å². The maximum absolute atomic E-state index is 8.69. The second-order valence-corrected chi connectivity index (χ2v) is 5.07. The van der Waals surface area contributed by atoms with Crippen molar-refractivity contribution in [3.8, 4) is 11.8 Å². The molecule has 96 valence electrons. The molecule has 2 aromatic rings. The number of nitriles is 1. The van der Waals surface area contributed by atoms with E-state index in [1.807, 2.05) is 36.4 Å². The lowest BCUT2D eigenvalue weighted by atomic mass is 10.2. The molecule has 0 bridgehead atoms. The van der Waals surface area contributed by atoms with Crippen LogP contribution in [0.4, 0.5) is 5.69 Å². The Morgan fingerprint density at radius 1 is 1.16 bits per heavy atom. The number of nitrogens with zero attached hydrogens (tertiary/aromatic N) is 1. The Labute approximate surface area is 117 Å². The van der Waals surface area contributed by atoms with E-state index in [2.05, 4.69) is 6.07 Å². The lowest BCUT2D eigenvalue weighted by Crippen LogP contribution is -2.00. The minimum atomic E-state index is 0.616. The Hall–Kier alpha value is -2.12. The van der Waals surface area contributed by atoms with Gasteiger partial charge in [-0.05, 0) is 42.5 Å². The van der Waals surface area contributed by atoms with Crippen LogP contribution in [0.2, 0.25) is 0 Å². The smallest absolute Gasteiger partial charge is 0.119 e. The highest BCUT2D eigenvalue weighted by atomic mass is 32.2. The molecular weight excluding hydrogens is 256 g/mol. The molecule has 0 heterocycles. The first-order valence-electron chi connectivity index (χ1n) is 5.89. The monoisotopic (exact) mass is 270 g/mol. The Balaban J connectivity index is 1.76. The average Bonchev–Trinajstić information content (AvgIpc) is 2.44. The summed E-state index contributed by atoms with van der Waals surface area (Å²) >= 11 is 1.70. The zero-order valence-electron chi connectivity index (χ0n) is 10.4. The minimum absolute atomic E-state index is 0.616. The molecule has 19 heavy (non-hydrogen) atoms. The third-order valence-corrected chi connectivity index (χ3v) is 3.42. The van der Waals surface area contributed by atoms with Gasteiger partial charge in [0.25, 0.3) is 0 Å². The molecule has 0 spiro atoms. The number of rotatable bonds is 5. The van der Waals surface area contributed by atoms with E-state index < -0.39 is 0 Å². The maximum Gasteiger partial charge on any atom is 0.119 e. The largest absolute Gasteiger partial charge is 0.493 e. The molecule has 0 amide bonds. The van der Waals surface area contributed by atoms with Crippen molar-refractivity contribution in [2.24, 2.45) is 0 Å². The first-order valence-corrected chi connectivity index (χ1v) is 6.88. The van der Waals surface area contributed by atoms with Crippen LogP contribution in [0.5, 0.6) is 5.75 Å². The number of ether oxygens (including phenoxy) is 1. The summed E-state index contributed by atoms with van der Waals surface area (Å²) in [6.07, 6.45) is 0. The summed E-state index contributed by atoms with van der Waals surface area (Å²) < 4.78 is 5.60. The van der Waals surface area contributed by atoms with Crippen LogP contribution in [0.25, 0.3) is 0 Å². The van der Waals surface area contributed by atoms with Gasteiger partial charge in [-0.15, -0.1) is 11.8 Å². The number of hydrogen-bond donors (Lipinski definition) is 1. The average molecular weight is 270 g/mol. The minimum Gasteiger partial charge on any atom is -0.493 e. The summed E-state index contributed by atoms with van der Waals surface area (Å²) in [6, 6.07) is 17.0. The Morgan fingerprint density at radius 2 is 1.95 bits per heavy atom. The van der Waals surface area contributed by atoms with Crippen LogP contribution >= 0.6 is 11.8 Å². The molecule has 0 saturated heterocycles. The van der Waals surface area contributed by atoms with E-state index >= 15 is 0 Å². The molecule has 0 aliphatic rings. The van der Waals surface area contributed by atoms with Crippen molar-refractivity contribution in [3.63, 3.8) is 0 Å². The van der Waals surface area contributed by atoms with Crippen molar-refractivity contribution in [2.75, 3.05) is 18.1 Å². The second-order valence-electron chi connectivity index (χ2n) is 3.91. The summed E-state index contributed by atoms with van der Waals surface area (Å²) in [7, 11) is 0. The van der Waals surface area contributed by atoms with Crippen molar-refractivity contribution in [3.05, 3.63) is 54.1 Å². The van der Waals surface area contributed by atoms with E-state index in [4.69, 9.17) is 15.7 Å². The zero-order chi connectivity index (χ0) is 13.5. The Bertz CT molecular complexity index is 575. The molecule has 2 N–H and O–H groups in total. The molecule has 4 heteroatoms. The van der Waals surface area contributed by atoms with Gasteiger partial charge < -0.3 is 10.5 Å². The third kappa shape index (κ3) is 4.23. The van der Waals surface area contributed by atoms with Crippen molar-refractivity contribution < 1.29 is 4.74 Å². The zero-order valence-corrected chi connectivity index (χ0v) is 11.2. The predicted octanol–water partition coefficient (Wildman–Crippen LogP) is 3.31. The van der Waals surface area contributed by atoms with Gasteiger partial charge in [0.1, 0.15) is 5.75 Å². The van der Waals surface area contributed by atoms with Crippen molar-refractivity contribution >= 4 is 17.4 Å². The Kier molecular flexibility index (Phi) is 4.71. The van der Waals surface area contributed by atoms with Gasteiger partial charge in [-0.2, -0.15) is 5.26 Å². The summed E-state index contributed by atoms with van der Waals surface area (Å²) in [5, 5.41) is 8.69. The van der Waals surface area contributed by atoms with Crippen LogP contribution in [0.15, 0.2) is 53.4 Å². The lowest BCUT2D eigenvalue weighted by Gasteiger charge is -2.06. The van der Waals surface area contributed by atoms with Gasteiger partial charge in [0.2, 0.25) is 0 Å². The van der Waals surface area contributed by atoms with Gasteiger partial charge in [-0.3, -0.25) is 0 Å². The molecule has 0 saturated carbocycles. The SMILES string of the molecule is N#Cc1ccc(OCCSc2cccc(N)c2)cc1. The van der Waals surface area contributed by atoms with Crippen LogP contribution in [-0.4, -0.2) is 12.4 Å². The fraction of sp³-hybridized carbons (Fsp3) is 0.133. The second kappa shape index (κ2) is 6.72. The summed E-state index contributed by atoms with van der Waals surface area (Å²) in [6.45, 7) is 0.616. The standard InChI is InChI=1S/C15H14N2OS/c16-11-12-4-6-14(7-5-12)18-8-9-19-15-3-1-2-13(17)10-15/h1-7,10H,8-9,17H2. The fourth-order valence-corrected chi connectivity index (χ4v) is 2.35. The van der Waals surface area contributed by atoms with Gasteiger partial charge in [0, 0.05) is 16.3 Å². The summed E-state index contributed by atoms with van der Waals surface area (Å²) in [5.41, 5.74) is 7.13. The van der Waals surface area contributed by atoms with E-state index in [-0.39, 0.29) is 0 Å². The molecule has 0 aliphatic carbocycles. The molecular formula is C15H14N2OS. The Morgan fingerprint density at radius 3 is 2.63 bits per heavy atom. The van der Waals surface area contributed by atoms with Crippen LogP contribution in [0.3, 0.4) is 0 Å². The molecule has 0 radical (unpaired) electrons. The van der Waals surface area contributed by atoms with Crippen molar-refractivity contribution in [2.45, 2.75) is 4.90 Å². The molecule has 0 unspecified atom stereocenters. The van der Waals surface area contributed by atoms with Gasteiger partial charge >= 0.3 is 0 Å². The number of anilines is 1. The van der Waals surface area contributed by atoms with Crippen LogP contribution < -0.4 is 10.5 Å². The van der Waals surface area contributed by atoms with Gasteiger partial charge in [0.15, 0.2) is 0 Å². The normalized spacial score (nSPS) is 9.84. The third-order valence-electron chi connectivity index (χ3n) is 2.46. The van der Waals surface area contributed by atoms with Crippen molar-refractivity contribution in [1.82, 2.24) is 0 Å². The first-order chi connectivity index (χ1) is 9.28. The number of benzene rings is 2. The summed E-state index contributed by atoms with van der Waals surface area (Å²) in [4.78, 5) is 1.14. The molecule has 2 rings (SSSR count). The van der Waals surface area contributed by atoms with Crippen molar-refractivity contribution in [1.29, 1.82) is 5.26 Å². The highest BCUT2D eigenvalue weighted by molar-refractivity contribution is 7.99. The molecule has 0 aliphatic heterocycles. The number of thioether (sulfide) groups is 1. The molecule has 2 aromatic carbocycles. The lowest BCUT2D eigenvalue weighted by molar-refractivity contribution is 0.344. The van der Waals surface area contributed by atoms with Gasteiger partial charge in [0.05, 0.1) is 18.2 Å². The van der Waals surface area contributed by atoms with E-state index in [1.54, 1.807) is 23.9 Å². The highest BCUT2D eigenvalue weighted by Crippen LogP contribution is 2.20. The van der Waals surface area contributed by atoms with Crippen LogP contribution in [0.1, 0.15) is 5.56 Å². The van der Waals surface area contributed by atoms with E-state index in [9.17, 15) is 0 Å². The predicted molar refractivity (Wildman–Crippen MR) is 78.2 cm³/mol. The van der Waals surface area contributed by atoms with E-state index in [0.717, 1.165) is 22.1 Å². The molecule has 0 fully saturated rings. The maximum atomic E-state index is 8.69. The highest BCUT2D eigenvalue weighted by Gasteiger charge is 1.97. The van der Waals surface area contributed by atoms with E-state index in [0.29, 0.717) is 12.2 Å². The number of nitrogen functional groups attached to an aromatic ring is 1. The van der Waals surface area contributed by atoms with Crippen LogP contribution in [0, 0.1) is 11.3 Å². The molecule has 3 nitrogen and oxygen atoms in total.